The van der Waals surface area contributed by atoms with Crippen LogP contribution in [0.3, 0.4) is 0 Å². The fourth-order valence-electron chi connectivity index (χ4n) is 0. The van der Waals surface area contributed by atoms with Crippen LogP contribution in [-0.2, 0) is 10.8 Å². The molecule has 0 amide bonds. The molecule has 0 heterocycles. The molecule has 0 saturated carbocycles. The molecule has 0 aliphatic carbocycles. The molecule has 0 aromatic heterocycles. The van der Waals surface area contributed by atoms with E-state index in [2.05, 4.69) is 0 Å². The Morgan fingerprint density at radius 2 is 0.800 bits per heavy atom. The quantitative estimate of drug-likeness (QED) is 0.573. The van der Waals surface area contributed by atoms with Gasteiger partial charge in [-0.1, -0.05) is 0 Å². The monoisotopic (exact) mass is 242 g/mol. The Morgan fingerprint density at radius 3 is 0.800 bits per heavy atom. The van der Waals surface area contributed by atoms with Crippen LogP contribution in [0.4, 0.5) is 0 Å². The summed E-state index contributed by atoms with van der Waals surface area (Å²) in [5.41, 5.74) is 0. The zero-order valence-electron chi connectivity index (χ0n) is 1.87. The molecule has 0 aromatic rings. The van der Waals surface area contributed by atoms with E-state index in [0.29, 0.717) is 0 Å². The van der Waals surface area contributed by atoms with E-state index in [1.54, 1.807) is 0 Å². The van der Waals surface area contributed by atoms with Crippen LogP contribution in [0.5, 0.6) is 0 Å². The molecule has 0 N–H and O–H groups in total. The third-order valence-electron chi connectivity index (χ3n) is 0. The minimum absolute atomic E-state index is 2.97. The third kappa shape index (κ3) is 26.0. The second-order valence-corrected chi connectivity index (χ2v) is 16.1. The van der Waals surface area contributed by atoms with E-state index in [9.17, 15) is 0 Å². The molecule has 0 aliphatic rings. The van der Waals surface area contributed by atoms with Gasteiger partial charge in [-0.05, 0) is 0 Å². The van der Waals surface area contributed by atoms with Crippen LogP contribution in [0.1, 0.15) is 0 Å². The predicted octanol–water partition coefficient (Wildman–Crippen LogP) is 2.76. The Hall–Kier alpha value is 1.78. The standard InChI is InChI=1S/4ClH.Ru/h4*1H;/q;;;;+4/p-4. The first-order valence-electron chi connectivity index (χ1n) is 0.535. The average Bonchev–Trinajstić information content (AvgIpc) is 0.722. The number of halogens is 4. The van der Waals surface area contributed by atoms with Gasteiger partial charge >= 0.3 is 49.6 Å². The number of hydrogen-bond acceptors (Lipinski definition) is 0. The molecule has 0 radical (unpaired) electrons. The van der Waals surface area contributed by atoms with Crippen LogP contribution in [0.2, 0.25) is 0 Å². The fraction of sp³-hybridized carbons (Fsp3) is 0. The van der Waals surface area contributed by atoms with Gasteiger partial charge in [-0.3, -0.25) is 0 Å². The van der Waals surface area contributed by atoms with E-state index in [0.717, 1.165) is 0 Å². The van der Waals surface area contributed by atoms with Gasteiger partial charge in [0, 0.05) is 0 Å². The summed E-state index contributed by atoms with van der Waals surface area (Å²) in [6.45, 7) is 0. The van der Waals surface area contributed by atoms with Gasteiger partial charge in [0.2, 0.25) is 0 Å². The summed E-state index contributed by atoms with van der Waals surface area (Å²) in [6, 6.07) is 0. The second-order valence-electron chi connectivity index (χ2n) is 0.303. The molecule has 36 valence electrons. The molecule has 0 aromatic carbocycles. The Labute approximate surface area is 49.3 Å². The zero-order chi connectivity index (χ0) is 4.50. The molecule has 0 atom stereocenters. The first-order chi connectivity index (χ1) is 2.00. The molecule has 0 rings (SSSR count). The van der Waals surface area contributed by atoms with Gasteiger partial charge in [-0.2, -0.15) is 0 Å². The van der Waals surface area contributed by atoms with E-state index < -0.39 is 10.8 Å². The maximum absolute atomic E-state index is 5.00. The molecular weight excluding hydrogens is 243 g/mol. The summed E-state index contributed by atoms with van der Waals surface area (Å²) in [7, 11) is 17.0. The van der Waals surface area contributed by atoms with Gasteiger partial charge in [-0.15, -0.1) is 0 Å². The molecule has 5 heteroatoms. The van der Waals surface area contributed by atoms with E-state index in [1.165, 1.54) is 0 Å². The maximum atomic E-state index is 5.00. The van der Waals surface area contributed by atoms with Crippen molar-refractivity contribution in [3.8, 4) is 0 Å². The van der Waals surface area contributed by atoms with Crippen LogP contribution < -0.4 is 0 Å². The first-order valence-corrected chi connectivity index (χ1v) is 9.49. The molecule has 0 bridgehead atoms. The minimum atomic E-state index is -2.97. The summed E-state index contributed by atoms with van der Waals surface area (Å²) in [4.78, 5) is 0. The van der Waals surface area contributed by atoms with Crippen molar-refractivity contribution in [2.45, 2.75) is 0 Å². The third-order valence-corrected chi connectivity index (χ3v) is 0. The Balaban J connectivity index is 3.02. The molecule has 0 spiro atoms. The van der Waals surface area contributed by atoms with Crippen molar-refractivity contribution < 1.29 is 10.8 Å². The van der Waals surface area contributed by atoms with Crippen molar-refractivity contribution >= 4 is 38.8 Å². The molecular formula is Cl4Ru. The van der Waals surface area contributed by atoms with Crippen molar-refractivity contribution in [1.82, 2.24) is 0 Å². The predicted molar refractivity (Wildman–Crippen MR) is 23.4 cm³/mol. The van der Waals surface area contributed by atoms with Crippen molar-refractivity contribution in [2.75, 3.05) is 0 Å². The van der Waals surface area contributed by atoms with Gasteiger partial charge in [0.25, 0.3) is 0 Å². The van der Waals surface area contributed by atoms with E-state index in [1.807, 2.05) is 0 Å². The van der Waals surface area contributed by atoms with Crippen molar-refractivity contribution in [3.63, 3.8) is 0 Å². The molecule has 0 saturated heterocycles. The van der Waals surface area contributed by atoms with Crippen LogP contribution in [0.15, 0.2) is 0 Å². The van der Waals surface area contributed by atoms with Gasteiger partial charge < -0.3 is 0 Å². The molecule has 0 aliphatic heterocycles. The van der Waals surface area contributed by atoms with Crippen LogP contribution in [0, 0.1) is 0 Å². The van der Waals surface area contributed by atoms with Gasteiger partial charge in [-0.25, -0.2) is 0 Å². The molecule has 0 unspecified atom stereocenters. The summed E-state index contributed by atoms with van der Waals surface area (Å²) in [5.74, 6) is 0. The van der Waals surface area contributed by atoms with Crippen molar-refractivity contribution in [1.29, 1.82) is 0 Å². The van der Waals surface area contributed by atoms with E-state index in [-0.39, 0.29) is 0 Å². The van der Waals surface area contributed by atoms with Gasteiger partial charge in [0.05, 0.1) is 0 Å². The molecule has 0 nitrogen and oxygen atoms in total. The first kappa shape index (κ1) is 6.78. The normalized spacial score (nSPS) is 15.2. The van der Waals surface area contributed by atoms with Crippen LogP contribution >= 0.6 is 38.8 Å². The number of hydrogen-bond donors (Lipinski definition) is 0. The summed E-state index contributed by atoms with van der Waals surface area (Å²) in [6.07, 6.45) is 0. The SMILES string of the molecule is [Cl][Ru]([Cl])([Cl])[Cl]. The summed E-state index contributed by atoms with van der Waals surface area (Å²) >= 11 is 0. The van der Waals surface area contributed by atoms with E-state index >= 15 is 0 Å². The summed E-state index contributed by atoms with van der Waals surface area (Å²) in [5, 5.41) is 0. The Kier molecular flexibility index (Phi) is 2.96. The van der Waals surface area contributed by atoms with Crippen LogP contribution in [0.25, 0.3) is 0 Å². The molecule has 5 heavy (non-hydrogen) atoms. The fourth-order valence-corrected chi connectivity index (χ4v) is 0. The van der Waals surface area contributed by atoms with Gasteiger partial charge in [0.1, 0.15) is 0 Å². The van der Waals surface area contributed by atoms with Crippen LogP contribution in [-0.4, -0.2) is 0 Å². The molecule has 0 fully saturated rings. The van der Waals surface area contributed by atoms with Crippen molar-refractivity contribution in [3.05, 3.63) is 0 Å². The average molecular weight is 243 g/mol. The Bertz CT molecular complexity index is 19.1. The number of rotatable bonds is 0. The van der Waals surface area contributed by atoms with Gasteiger partial charge in [0.15, 0.2) is 0 Å². The van der Waals surface area contributed by atoms with E-state index in [4.69, 9.17) is 38.8 Å². The van der Waals surface area contributed by atoms with Crippen molar-refractivity contribution in [2.24, 2.45) is 0 Å². The summed E-state index contributed by atoms with van der Waals surface area (Å²) < 4.78 is 0. The second kappa shape index (κ2) is 2.18. The topological polar surface area (TPSA) is 0 Å². The zero-order valence-corrected chi connectivity index (χ0v) is 6.63. The Morgan fingerprint density at radius 1 is 0.800 bits per heavy atom.